The largest absolute Gasteiger partial charge is 0.488 e. The smallest absolute Gasteiger partial charge is 0.345 e. The van der Waals surface area contributed by atoms with Crippen LogP contribution in [0.3, 0.4) is 0 Å². The van der Waals surface area contributed by atoms with Gasteiger partial charge in [0.2, 0.25) is 5.91 Å². The van der Waals surface area contributed by atoms with Crippen LogP contribution < -0.4 is 16.2 Å². The SMILES string of the molecule is Cc1ncc(COc2ccc3oc(C)c(C(N)=O)c3c2C(COC(F)F)C(N)=O)s1. The summed E-state index contributed by atoms with van der Waals surface area (Å²) in [7, 11) is 0. The van der Waals surface area contributed by atoms with Gasteiger partial charge in [0.1, 0.15) is 23.7 Å². The highest BCUT2D eigenvalue weighted by atomic mass is 32.1. The van der Waals surface area contributed by atoms with Crippen LogP contribution in [0.1, 0.15) is 37.5 Å². The Labute approximate surface area is 173 Å². The van der Waals surface area contributed by atoms with E-state index in [9.17, 15) is 18.4 Å². The Morgan fingerprint density at radius 2 is 2.00 bits per heavy atom. The van der Waals surface area contributed by atoms with Crippen molar-refractivity contribution in [1.29, 1.82) is 0 Å². The molecule has 8 nitrogen and oxygen atoms in total. The molecule has 0 spiro atoms. The summed E-state index contributed by atoms with van der Waals surface area (Å²) in [6.07, 6.45) is 1.64. The van der Waals surface area contributed by atoms with Crippen molar-refractivity contribution in [3.05, 3.63) is 45.1 Å². The number of alkyl halides is 2. The minimum Gasteiger partial charge on any atom is -0.488 e. The normalized spacial score (nSPS) is 12.4. The zero-order valence-corrected chi connectivity index (χ0v) is 16.9. The number of amides is 2. The Balaban J connectivity index is 2.16. The quantitative estimate of drug-likeness (QED) is 0.527. The molecule has 2 heterocycles. The lowest BCUT2D eigenvalue weighted by atomic mass is 9.92. The maximum Gasteiger partial charge on any atom is 0.345 e. The summed E-state index contributed by atoms with van der Waals surface area (Å²) in [6.45, 7) is -0.362. The standard InChI is InChI=1S/C19H19F2N3O5S/c1-8-14(18(23)26)16-13(29-8)4-3-12(27-6-10-5-24-9(2)30-10)15(16)11(17(22)25)7-28-19(20)21/h3-5,11,19H,6-7H2,1-2H3,(H2,22,25)(H2,23,26). The Kier molecular flexibility index (Phi) is 6.32. The van der Waals surface area contributed by atoms with E-state index in [0.29, 0.717) is 0 Å². The number of nitrogens with two attached hydrogens (primary N) is 2. The van der Waals surface area contributed by atoms with Crippen LogP contribution in [0.4, 0.5) is 8.78 Å². The van der Waals surface area contributed by atoms with Gasteiger partial charge >= 0.3 is 6.61 Å². The fourth-order valence-corrected chi connectivity index (χ4v) is 3.89. The van der Waals surface area contributed by atoms with Gasteiger partial charge in [-0.25, -0.2) is 4.98 Å². The molecule has 2 amide bonds. The minimum absolute atomic E-state index is 0.0161. The van der Waals surface area contributed by atoms with E-state index in [4.69, 9.17) is 20.6 Å². The van der Waals surface area contributed by atoms with Crippen LogP contribution in [-0.2, 0) is 16.1 Å². The maximum absolute atomic E-state index is 12.7. The molecular weight excluding hydrogens is 420 g/mol. The molecule has 2 aromatic heterocycles. The van der Waals surface area contributed by atoms with Crippen molar-refractivity contribution in [2.75, 3.05) is 6.61 Å². The van der Waals surface area contributed by atoms with E-state index in [2.05, 4.69) is 9.72 Å². The number of thiazole rings is 1. The summed E-state index contributed by atoms with van der Waals surface area (Å²) < 4.78 is 41.1. The molecule has 1 aromatic carbocycles. The van der Waals surface area contributed by atoms with Crippen molar-refractivity contribution in [3.8, 4) is 5.75 Å². The fraction of sp³-hybridized carbons (Fsp3) is 0.316. The zero-order valence-electron chi connectivity index (χ0n) is 16.1. The molecule has 0 saturated carbocycles. The molecule has 0 bridgehead atoms. The van der Waals surface area contributed by atoms with Gasteiger partial charge < -0.3 is 25.4 Å². The van der Waals surface area contributed by atoms with E-state index in [1.54, 1.807) is 6.20 Å². The molecule has 0 aliphatic carbocycles. The third-order valence-corrected chi connectivity index (χ3v) is 5.28. The Bertz CT molecular complexity index is 1100. The molecule has 3 rings (SSSR count). The summed E-state index contributed by atoms with van der Waals surface area (Å²) in [5.41, 5.74) is 11.3. The molecule has 30 heavy (non-hydrogen) atoms. The summed E-state index contributed by atoms with van der Waals surface area (Å²) in [4.78, 5) is 29.2. The number of benzene rings is 1. The summed E-state index contributed by atoms with van der Waals surface area (Å²) >= 11 is 1.41. The number of carbonyl (C=O) groups is 2. The number of carbonyl (C=O) groups excluding carboxylic acids is 2. The van der Waals surface area contributed by atoms with E-state index in [-0.39, 0.29) is 40.2 Å². The molecule has 0 fully saturated rings. The number of primary amides is 2. The first-order valence-electron chi connectivity index (χ1n) is 8.78. The van der Waals surface area contributed by atoms with Gasteiger partial charge in [-0.15, -0.1) is 11.3 Å². The van der Waals surface area contributed by atoms with Crippen molar-refractivity contribution < 1.29 is 32.3 Å². The predicted molar refractivity (Wildman–Crippen MR) is 105 cm³/mol. The van der Waals surface area contributed by atoms with Gasteiger partial charge in [0, 0.05) is 17.1 Å². The number of hydrogen-bond donors (Lipinski definition) is 2. The van der Waals surface area contributed by atoms with Gasteiger partial charge in [-0.05, 0) is 26.0 Å². The second kappa shape index (κ2) is 8.76. The van der Waals surface area contributed by atoms with Crippen molar-refractivity contribution in [2.24, 2.45) is 11.5 Å². The van der Waals surface area contributed by atoms with Crippen molar-refractivity contribution in [2.45, 2.75) is 33.0 Å². The van der Waals surface area contributed by atoms with Crippen molar-refractivity contribution in [3.63, 3.8) is 0 Å². The molecule has 3 aromatic rings. The van der Waals surface area contributed by atoms with Crippen LogP contribution >= 0.6 is 11.3 Å². The maximum atomic E-state index is 12.7. The minimum atomic E-state index is -3.11. The number of aromatic nitrogens is 1. The lowest BCUT2D eigenvalue weighted by Gasteiger charge is -2.19. The lowest BCUT2D eigenvalue weighted by Crippen LogP contribution is -2.27. The molecule has 0 radical (unpaired) electrons. The van der Waals surface area contributed by atoms with Gasteiger partial charge in [-0.3, -0.25) is 9.59 Å². The highest BCUT2D eigenvalue weighted by molar-refractivity contribution is 7.11. The summed E-state index contributed by atoms with van der Waals surface area (Å²) in [5, 5.41) is 1.02. The molecular formula is C19H19F2N3O5S. The fourth-order valence-electron chi connectivity index (χ4n) is 3.18. The van der Waals surface area contributed by atoms with Gasteiger partial charge in [-0.2, -0.15) is 8.78 Å². The molecule has 4 N–H and O–H groups in total. The van der Waals surface area contributed by atoms with Gasteiger partial charge in [0.25, 0.3) is 5.91 Å². The van der Waals surface area contributed by atoms with Crippen LogP contribution in [0, 0.1) is 13.8 Å². The van der Waals surface area contributed by atoms with Gasteiger partial charge in [0.15, 0.2) is 0 Å². The van der Waals surface area contributed by atoms with E-state index in [1.165, 1.54) is 30.4 Å². The van der Waals surface area contributed by atoms with Crippen molar-refractivity contribution >= 4 is 34.1 Å². The number of nitrogens with zero attached hydrogens (tertiary/aromatic N) is 1. The highest BCUT2D eigenvalue weighted by Crippen LogP contribution is 2.39. The van der Waals surface area contributed by atoms with Crippen molar-refractivity contribution in [1.82, 2.24) is 4.98 Å². The average Bonchev–Trinajstić information content (AvgIpc) is 3.22. The predicted octanol–water partition coefficient (Wildman–Crippen LogP) is 2.99. The van der Waals surface area contributed by atoms with Crippen LogP contribution in [0.25, 0.3) is 11.0 Å². The third kappa shape index (κ3) is 4.41. The third-order valence-electron chi connectivity index (χ3n) is 4.40. The number of aryl methyl sites for hydroxylation is 2. The van der Waals surface area contributed by atoms with E-state index < -0.39 is 31.0 Å². The number of furan rings is 1. The molecule has 11 heteroatoms. The summed E-state index contributed by atoms with van der Waals surface area (Å²) in [5.74, 6) is -2.70. The van der Waals surface area contributed by atoms with Gasteiger partial charge in [-0.1, -0.05) is 0 Å². The second-order valence-electron chi connectivity index (χ2n) is 6.43. The average molecular weight is 439 g/mol. The number of fused-ring (bicyclic) bond motifs is 1. The second-order valence-corrected chi connectivity index (χ2v) is 7.75. The van der Waals surface area contributed by atoms with Crippen LogP contribution in [0.5, 0.6) is 5.75 Å². The molecule has 1 unspecified atom stereocenters. The topological polar surface area (TPSA) is 131 Å². The summed E-state index contributed by atoms with van der Waals surface area (Å²) in [6, 6.07) is 3.05. The van der Waals surface area contributed by atoms with E-state index >= 15 is 0 Å². The molecule has 1 atom stereocenters. The number of halogens is 2. The van der Waals surface area contributed by atoms with Crippen LogP contribution in [0.15, 0.2) is 22.7 Å². The molecule has 0 saturated heterocycles. The highest BCUT2D eigenvalue weighted by Gasteiger charge is 2.31. The monoisotopic (exact) mass is 439 g/mol. The van der Waals surface area contributed by atoms with Crippen LogP contribution in [0.2, 0.25) is 0 Å². The number of ether oxygens (including phenoxy) is 2. The van der Waals surface area contributed by atoms with Gasteiger partial charge in [0.05, 0.1) is 28.0 Å². The lowest BCUT2D eigenvalue weighted by molar-refractivity contribution is -0.140. The van der Waals surface area contributed by atoms with E-state index in [0.717, 1.165) is 9.88 Å². The first-order valence-corrected chi connectivity index (χ1v) is 9.59. The Morgan fingerprint density at radius 3 is 2.57 bits per heavy atom. The zero-order chi connectivity index (χ0) is 22.0. The Morgan fingerprint density at radius 1 is 1.27 bits per heavy atom. The van der Waals surface area contributed by atoms with Crippen LogP contribution in [-0.4, -0.2) is 30.0 Å². The molecule has 0 aliphatic rings. The van der Waals surface area contributed by atoms with E-state index in [1.807, 2.05) is 6.92 Å². The number of hydrogen-bond acceptors (Lipinski definition) is 7. The first-order chi connectivity index (χ1) is 14.2. The molecule has 0 aliphatic heterocycles. The molecule has 160 valence electrons. The first kappa shape index (κ1) is 21.7. The Hall–Kier alpha value is -3.05. The number of rotatable bonds is 9.